The van der Waals surface area contributed by atoms with Crippen molar-refractivity contribution < 1.29 is 4.79 Å². The van der Waals surface area contributed by atoms with Crippen LogP contribution < -0.4 is 5.32 Å². The maximum absolute atomic E-state index is 10.9. The molecule has 5 heteroatoms. The molecule has 1 amide bonds. The summed E-state index contributed by atoms with van der Waals surface area (Å²) in [6.07, 6.45) is 3.35. The average molecular weight is 178 g/mol. The number of aryl methyl sites for hydroxylation is 1. The Hall–Kier alpha value is -1.83. The first kappa shape index (κ1) is 9.26. The lowest BCUT2D eigenvalue weighted by molar-refractivity contribution is -0.120. The fraction of sp³-hybridized carbons (Fsp3) is 0.375. The predicted octanol–water partition coefficient (Wildman–Crippen LogP) is -0.0500. The maximum atomic E-state index is 10.9. The number of hydrogen-bond acceptors (Lipinski definition) is 3. The van der Waals surface area contributed by atoms with Crippen LogP contribution in [0.5, 0.6) is 0 Å². The van der Waals surface area contributed by atoms with E-state index in [1.165, 1.54) is 0 Å². The molecule has 0 saturated carbocycles. The van der Waals surface area contributed by atoms with Crippen LogP contribution in [-0.4, -0.2) is 15.5 Å². The van der Waals surface area contributed by atoms with E-state index in [-0.39, 0.29) is 12.3 Å². The molecule has 5 nitrogen and oxygen atoms in total. The molecule has 0 aromatic carbocycles. The van der Waals surface area contributed by atoms with Crippen LogP contribution in [0.15, 0.2) is 12.4 Å². The molecule has 0 radical (unpaired) electrons. The van der Waals surface area contributed by atoms with Crippen molar-refractivity contribution in [2.45, 2.75) is 13.0 Å². The van der Waals surface area contributed by atoms with Crippen molar-refractivity contribution in [2.24, 2.45) is 7.05 Å². The van der Waals surface area contributed by atoms with Crippen molar-refractivity contribution >= 4 is 5.91 Å². The Labute approximate surface area is 76.0 Å². The third-order valence-corrected chi connectivity index (χ3v) is 1.60. The van der Waals surface area contributed by atoms with Gasteiger partial charge in [-0.15, -0.1) is 0 Å². The van der Waals surface area contributed by atoms with Gasteiger partial charge < -0.3 is 9.88 Å². The van der Waals surface area contributed by atoms with Crippen molar-refractivity contribution in [3.63, 3.8) is 0 Å². The predicted molar refractivity (Wildman–Crippen MR) is 45.3 cm³/mol. The van der Waals surface area contributed by atoms with Gasteiger partial charge in [0.15, 0.2) is 0 Å². The summed E-state index contributed by atoms with van der Waals surface area (Å²) in [6.45, 7) is 0.365. The highest BCUT2D eigenvalue weighted by atomic mass is 16.1. The smallest absolute Gasteiger partial charge is 0.234 e. The topological polar surface area (TPSA) is 70.7 Å². The first-order valence-electron chi connectivity index (χ1n) is 3.84. The lowest BCUT2D eigenvalue weighted by Gasteiger charge is -2.02. The van der Waals surface area contributed by atoms with E-state index < -0.39 is 0 Å². The first-order chi connectivity index (χ1) is 6.24. The van der Waals surface area contributed by atoms with Crippen LogP contribution in [0, 0.1) is 11.3 Å². The first-order valence-corrected chi connectivity index (χ1v) is 3.84. The SMILES string of the molecule is Cn1ccnc1CNC(=O)CC#N. The molecule has 0 aliphatic carbocycles. The molecule has 0 atom stereocenters. The Morgan fingerprint density at radius 2 is 2.62 bits per heavy atom. The van der Waals surface area contributed by atoms with Gasteiger partial charge in [-0.1, -0.05) is 0 Å². The standard InChI is InChI=1S/C8H10N4O/c1-12-5-4-10-7(12)6-11-8(13)2-3-9/h4-5H,2,6H2,1H3,(H,11,13). The van der Waals surface area contributed by atoms with Gasteiger partial charge in [0.1, 0.15) is 12.2 Å². The van der Waals surface area contributed by atoms with Crippen LogP contribution in [0.3, 0.4) is 0 Å². The lowest BCUT2D eigenvalue weighted by Crippen LogP contribution is -2.23. The molecule has 0 aliphatic heterocycles. The Balaban J connectivity index is 2.40. The van der Waals surface area contributed by atoms with Crippen LogP contribution in [0.25, 0.3) is 0 Å². The highest BCUT2D eigenvalue weighted by Gasteiger charge is 2.02. The number of imidazole rings is 1. The number of aromatic nitrogens is 2. The molecule has 1 aromatic heterocycles. The van der Waals surface area contributed by atoms with E-state index in [4.69, 9.17) is 5.26 Å². The van der Waals surface area contributed by atoms with Crippen molar-refractivity contribution in [3.05, 3.63) is 18.2 Å². The summed E-state index contributed by atoms with van der Waals surface area (Å²) in [5.74, 6) is 0.497. The van der Waals surface area contributed by atoms with Gasteiger partial charge in [0, 0.05) is 19.4 Å². The number of nitrogens with one attached hydrogen (secondary N) is 1. The van der Waals surface area contributed by atoms with E-state index in [1.807, 2.05) is 11.6 Å². The van der Waals surface area contributed by atoms with Gasteiger partial charge >= 0.3 is 0 Å². The number of nitriles is 1. The lowest BCUT2D eigenvalue weighted by atomic mass is 10.4. The van der Waals surface area contributed by atoms with Gasteiger partial charge in [0.2, 0.25) is 5.91 Å². The van der Waals surface area contributed by atoms with Gasteiger partial charge in [-0.2, -0.15) is 5.26 Å². The van der Waals surface area contributed by atoms with E-state index in [0.717, 1.165) is 5.82 Å². The van der Waals surface area contributed by atoms with Gasteiger partial charge in [0.25, 0.3) is 0 Å². The maximum Gasteiger partial charge on any atom is 0.234 e. The van der Waals surface area contributed by atoms with Gasteiger partial charge in [-0.05, 0) is 0 Å². The van der Waals surface area contributed by atoms with Gasteiger partial charge in [0.05, 0.1) is 12.6 Å². The molecule has 0 saturated heterocycles. The van der Waals surface area contributed by atoms with Crippen LogP contribution in [-0.2, 0) is 18.4 Å². The van der Waals surface area contributed by atoms with Crippen LogP contribution in [0.1, 0.15) is 12.2 Å². The number of rotatable bonds is 3. The number of nitrogens with zero attached hydrogens (tertiary/aromatic N) is 3. The molecule has 0 fully saturated rings. The summed E-state index contributed by atoms with van der Waals surface area (Å²) in [5, 5.41) is 10.8. The molecule has 0 bridgehead atoms. The largest absolute Gasteiger partial charge is 0.348 e. The minimum absolute atomic E-state index is 0.107. The summed E-state index contributed by atoms with van der Waals surface area (Å²) in [4.78, 5) is 14.9. The molecular weight excluding hydrogens is 168 g/mol. The van der Waals surface area contributed by atoms with Gasteiger partial charge in [-0.3, -0.25) is 4.79 Å². The number of hydrogen-bond donors (Lipinski definition) is 1. The molecular formula is C8H10N4O. The monoisotopic (exact) mass is 178 g/mol. The average Bonchev–Trinajstić information content (AvgIpc) is 2.48. The summed E-state index contributed by atoms with van der Waals surface area (Å²) in [5.41, 5.74) is 0. The van der Waals surface area contributed by atoms with Crippen molar-refractivity contribution in [1.29, 1.82) is 5.26 Å². The van der Waals surface area contributed by atoms with Crippen molar-refractivity contribution in [3.8, 4) is 6.07 Å². The molecule has 1 aromatic rings. The second-order valence-corrected chi connectivity index (χ2v) is 2.57. The molecule has 0 aliphatic rings. The van der Waals surface area contributed by atoms with Crippen LogP contribution in [0.4, 0.5) is 0 Å². The second-order valence-electron chi connectivity index (χ2n) is 2.57. The highest BCUT2D eigenvalue weighted by Crippen LogP contribution is 1.92. The fourth-order valence-corrected chi connectivity index (χ4v) is 0.879. The Morgan fingerprint density at radius 3 is 3.15 bits per heavy atom. The van der Waals surface area contributed by atoms with Crippen LogP contribution in [0.2, 0.25) is 0 Å². The second kappa shape index (κ2) is 4.26. The third kappa shape index (κ3) is 2.60. The molecule has 13 heavy (non-hydrogen) atoms. The normalized spacial score (nSPS) is 9.23. The molecule has 0 spiro atoms. The van der Waals surface area contributed by atoms with E-state index in [9.17, 15) is 4.79 Å². The zero-order valence-corrected chi connectivity index (χ0v) is 7.32. The van der Waals surface area contributed by atoms with E-state index in [2.05, 4.69) is 10.3 Å². The number of amides is 1. The summed E-state index contributed by atoms with van der Waals surface area (Å²) >= 11 is 0. The number of carbonyl (C=O) groups is 1. The van der Waals surface area contributed by atoms with Crippen LogP contribution >= 0.6 is 0 Å². The quantitative estimate of drug-likeness (QED) is 0.705. The Bertz CT molecular complexity index is 336. The summed E-state index contributed by atoms with van der Waals surface area (Å²) < 4.78 is 1.81. The van der Waals surface area contributed by atoms with E-state index in [0.29, 0.717) is 6.54 Å². The van der Waals surface area contributed by atoms with Crippen molar-refractivity contribution in [1.82, 2.24) is 14.9 Å². The molecule has 1 N–H and O–H groups in total. The summed E-state index contributed by atoms with van der Waals surface area (Å²) in [7, 11) is 1.85. The fourth-order valence-electron chi connectivity index (χ4n) is 0.879. The minimum Gasteiger partial charge on any atom is -0.348 e. The summed E-state index contributed by atoms with van der Waals surface area (Å²) in [6, 6.07) is 1.77. The van der Waals surface area contributed by atoms with Crippen molar-refractivity contribution in [2.75, 3.05) is 0 Å². The Morgan fingerprint density at radius 1 is 1.85 bits per heavy atom. The molecule has 1 rings (SSSR count). The molecule has 1 heterocycles. The Kier molecular flexibility index (Phi) is 3.03. The zero-order valence-electron chi connectivity index (χ0n) is 7.32. The zero-order chi connectivity index (χ0) is 9.68. The number of carbonyl (C=O) groups excluding carboxylic acids is 1. The highest BCUT2D eigenvalue weighted by molar-refractivity contribution is 5.77. The molecule has 68 valence electrons. The van der Waals surface area contributed by atoms with Gasteiger partial charge in [-0.25, -0.2) is 4.98 Å². The van der Waals surface area contributed by atoms with E-state index >= 15 is 0 Å². The minimum atomic E-state index is -0.273. The third-order valence-electron chi connectivity index (χ3n) is 1.60. The molecule has 0 unspecified atom stereocenters. The van der Waals surface area contributed by atoms with E-state index in [1.54, 1.807) is 18.5 Å².